The summed E-state index contributed by atoms with van der Waals surface area (Å²) >= 11 is 0. The van der Waals surface area contributed by atoms with Crippen molar-refractivity contribution in [2.45, 2.75) is 26.7 Å². The molecule has 16 heavy (non-hydrogen) atoms. The van der Waals surface area contributed by atoms with Gasteiger partial charge in [-0.3, -0.25) is 4.79 Å². The van der Waals surface area contributed by atoms with Crippen LogP contribution >= 0.6 is 0 Å². The third kappa shape index (κ3) is 4.58. The molecular weight excluding hydrogens is 200 g/mol. The van der Waals surface area contributed by atoms with Crippen molar-refractivity contribution in [3.63, 3.8) is 0 Å². The fourth-order valence-electron chi connectivity index (χ4n) is 1.57. The smallest absolute Gasteiger partial charge is 0.135 e. The van der Waals surface area contributed by atoms with Crippen LogP contribution in [0.3, 0.4) is 0 Å². The topological polar surface area (TPSA) is 26.3 Å². The van der Waals surface area contributed by atoms with Crippen molar-refractivity contribution >= 4 is 5.78 Å². The quantitative estimate of drug-likeness (QED) is 0.766. The molecule has 1 aromatic carbocycles. The lowest BCUT2D eigenvalue weighted by Gasteiger charge is -1.97. The van der Waals surface area contributed by atoms with Gasteiger partial charge in [0, 0.05) is 12.5 Å². The minimum atomic E-state index is 0.204. The molecule has 1 aromatic rings. The number of ketones is 1. The molecule has 1 unspecified atom stereocenters. The zero-order valence-corrected chi connectivity index (χ0v) is 10.1. The summed E-state index contributed by atoms with van der Waals surface area (Å²) in [6, 6.07) is 10.5. The van der Waals surface area contributed by atoms with E-state index in [9.17, 15) is 4.79 Å². The minimum Gasteiger partial charge on any atom is -0.381 e. The van der Waals surface area contributed by atoms with E-state index in [2.05, 4.69) is 31.2 Å². The SMILES string of the molecule is CC(=O)C1CCOC1.CCc1ccccc1. The van der Waals surface area contributed by atoms with Crippen LogP contribution in [-0.4, -0.2) is 19.0 Å². The highest BCUT2D eigenvalue weighted by Gasteiger charge is 2.18. The van der Waals surface area contributed by atoms with Gasteiger partial charge < -0.3 is 4.74 Å². The lowest BCUT2D eigenvalue weighted by Crippen LogP contribution is -2.09. The van der Waals surface area contributed by atoms with Crippen molar-refractivity contribution in [3.8, 4) is 0 Å². The standard InChI is InChI=1S/C8H10.C6H10O2/c1-2-8-6-4-3-5-7-8;1-5(7)6-2-3-8-4-6/h3-7H,2H2,1H3;6H,2-4H2,1H3. The Kier molecular flexibility index (Phi) is 5.79. The summed E-state index contributed by atoms with van der Waals surface area (Å²) in [5.41, 5.74) is 1.41. The molecule has 2 rings (SSSR count). The molecule has 1 aliphatic rings. The largest absolute Gasteiger partial charge is 0.381 e. The summed E-state index contributed by atoms with van der Waals surface area (Å²) in [4.78, 5) is 10.6. The Balaban J connectivity index is 0.000000160. The van der Waals surface area contributed by atoms with Gasteiger partial charge >= 0.3 is 0 Å². The van der Waals surface area contributed by atoms with Crippen molar-refractivity contribution in [1.29, 1.82) is 0 Å². The predicted molar refractivity (Wildman–Crippen MR) is 65.4 cm³/mol. The summed E-state index contributed by atoms with van der Waals surface area (Å²) in [6.45, 7) is 5.20. The molecule has 1 aliphatic heterocycles. The van der Waals surface area contributed by atoms with Crippen LogP contribution in [0.25, 0.3) is 0 Å². The molecule has 0 radical (unpaired) electrons. The Morgan fingerprint density at radius 3 is 2.38 bits per heavy atom. The number of rotatable bonds is 2. The zero-order chi connectivity index (χ0) is 11.8. The summed E-state index contributed by atoms with van der Waals surface area (Å²) in [7, 11) is 0. The van der Waals surface area contributed by atoms with Crippen LogP contribution in [0, 0.1) is 5.92 Å². The van der Waals surface area contributed by atoms with Gasteiger partial charge in [-0.2, -0.15) is 0 Å². The van der Waals surface area contributed by atoms with Crippen molar-refractivity contribution in [1.82, 2.24) is 0 Å². The third-order valence-corrected chi connectivity index (χ3v) is 2.76. The molecule has 1 fully saturated rings. The molecule has 0 aromatic heterocycles. The van der Waals surface area contributed by atoms with Gasteiger partial charge in [-0.25, -0.2) is 0 Å². The van der Waals surface area contributed by atoms with Gasteiger partial charge in [-0.05, 0) is 25.3 Å². The first kappa shape index (κ1) is 12.9. The minimum absolute atomic E-state index is 0.204. The molecule has 0 spiro atoms. The van der Waals surface area contributed by atoms with Crippen molar-refractivity contribution in [2.75, 3.05) is 13.2 Å². The summed E-state index contributed by atoms with van der Waals surface area (Å²) in [6.07, 6.45) is 2.07. The van der Waals surface area contributed by atoms with Gasteiger partial charge in [0.05, 0.1) is 6.61 Å². The Bertz CT molecular complexity index is 300. The summed E-state index contributed by atoms with van der Waals surface area (Å²) in [5, 5.41) is 0. The Hall–Kier alpha value is -1.15. The lowest BCUT2D eigenvalue weighted by atomic mass is 10.1. The first-order valence-electron chi connectivity index (χ1n) is 5.86. The van der Waals surface area contributed by atoms with Crippen LogP contribution < -0.4 is 0 Å². The van der Waals surface area contributed by atoms with Gasteiger partial charge in [-0.15, -0.1) is 0 Å². The molecule has 0 bridgehead atoms. The van der Waals surface area contributed by atoms with Gasteiger partial charge in [0.1, 0.15) is 5.78 Å². The van der Waals surface area contributed by atoms with Crippen molar-refractivity contribution in [3.05, 3.63) is 35.9 Å². The average Bonchev–Trinajstić information content (AvgIpc) is 2.85. The van der Waals surface area contributed by atoms with E-state index in [1.54, 1.807) is 6.92 Å². The molecule has 1 saturated heterocycles. The van der Waals surface area contributed by atoms with Crippen LogP contribution in [0.1, 0.15) is 25.8 Å². The number of carbonyl (C=O) groups is 1. The molecule has 88 valence electrons. The molecule has 0 aliphatic carbocycles. The second kappa shape index (κ2) is 7.18. The number of benzene rings is 1. The van der Waals surface area contributed by atoms with Crippen molar-refractivity contribution < 1.29 is 9.53 Å². The second-order valence-corrected chi connectivity index (χ2v) is 4.01. The number of ether oxygens (including phenoxy) is 1. The van der Waals surface area contributed by atoms with E-state index in [1.807, 2.05) is 6.07 Å². The van der Waals surface area contributed by atoms with E-state index in [0.29, 0.717) is 6.61 Å². The molecule has 1 heterocycles. The fourth-order valence-corrected chi connectivity index (χ4v) is 1.57. The monoisotopic (exact) mass is 220 g/mol. The highest BCUT2D eigenvalue weighted by Crippen LogP contribution is 2.12. The van der Waals surface area contributed by atoms with Crippen LogP contribution in [0.2, 0.25) is 0 Å². The molecule has 1 atom stereocenters. The van der Waals surface area contributed by atoms with Crippen molar-refractivity contribution in [2.24, 2.45) is 5.92 Å². The number of carbonyl (C=O) groups excluding carboxylic acids is 1. The Labute approximate surface area is 97.6 Å². The molecule has 2 nitrogen and oxygen atoms in total. The Morgan fingerprint density at radius 1 is 1.38 bits per heavy atom. The highest BCUT2D eigenvalue weighted by molar-refractivity contribution is 5.78. The van der Waals surface area contributed by atoms with Crippen LogP contribution in [0.5, 0.6) is 0 Å². The first-order chi connectivity index (χ1) is 7.74. The highest BCUT2D eigenvalue weighted by atomic mass is 16.5. The van der Waals surface area contributed by atoms with Gasteiger partial charge in [0.25, 0.3) is 0 Å². The maximum Gasteiger partial charge on any atom is 0.135 e. The van der Waals surface area contributed by atoms with E-state index < -0.39 is 0 Å². The maximum atomic E-state index is 10.6. The molecule has 0 saturated carbocycles. The number of hydrogen-bond donors (Lipinski definition) is 0. The molecular formula is C14H20O2. The molecule has 0 amide bonds. The maximum absolute atomic E-state index is 10.6. The number of Topliss-reactive ketones (excluding diaryl/α,β-unsaturated/α-hetero) is 1. The Morgan fingerprint density at radius 2 is 2.06 bits per heavy atom. The number of hydrogen-bond acceptors (Lipinski definition) is 2. The summed E-state index contributed by atoms with van der Waals surface area (Å²) in [5.74, 6) is 0.470. The fraction of sp³-hybridized carbons (Fsp3) is 0.500. The van der Waals surface area contributed by atoms with Gasteiger partial charge in [-0.1, -0.05) is 37.3 Å². The van der Waals surface area contributed by atoms with E-state index >= 15 is 0 Å². The molecule has 2 heteroatoms. The van der Waals surface area contributed by atoms with Gasteiger partial charge in [0.15, 0.2) is 0 Å². The average molecular weight is 220 g/mol. The predicted octanol–water partition coefficient (Wildman–Crippen LogP) is 2.86. The van der Waals surface area contributed by atoms with Crippen LogP contribution in [0.4, 0.5) is 0 Å². The van der Waals surface area contributed by atoms with E-state index in [1.165, 1.54) is 5.56 Å². The third-order valence-electron chi connectivity index (χ3n) is 2.76. The van der Waals surface area contributed by atoms with Gasteiger partial charge in [0.2, 0.25) is 0 Å². The second-order valence-electron chi connectivity index (χ2n) is 4.01. The molecule has 0 N–H and O–H groups in total. The van der Waals surface area contributed by atoms with Crippen LogP contribution in [0.15, 0.2) is 30.3 Å². The summed E-state index contributed by atoms with van der Waals surface area (Å²) < 4.78 is 5.00. The zero-order valence-electron chi connectivity index (χ0n) is 10.1. The normalized spacial score (nSPS) is 18.8. The number of aryl methyl sites for hydroxylation is 1. The van der Waals surface area contributed by atoms with E-state index in [4.69, 9.17) is 4.74 Å². The first-order valence-corrected chi connectivity index (χ1v) is 5.86. The van der Waals surface area contributed by atoms with Crippen LogP contribution in [-0.2, 0) is 16.0 Å². The van der Waals surface area contributed by atoms with E-state index in [0.717, 1.165) is 19.4 Å². The van der Waals surface area contributed by atoms with E-state index in [-0.39, 0.29) is 11.7 Å². The lowest BCUT2D eigenvalue weighted by molar-refractivity contribution is -0.120.